The average Bonchev–Trinajstić information content (AvgIpc) is 3.17. The number of amides is 1. The molecule has 1 N–H and O–H groups in total. The molecule has 0 unspecified atom stereocenters. The molecule has 1 amide bonds. The highest BCUT2D eigenvalue weighted by Crippen LogP contribution is 2.33. The number of ketones is 1. The summed E-state index contributed by atoms with van der Waals surface area (Å²) >= 11 is 17.7. The largest absolute Gasteiger partial charge is 0.452 e. The second-order valence-electron chi connectivity index (χ2n) is 6.93. The summed E-state index contributed by atoms with van der Waals surface area (Å²) < 4.78 is 6.51. The molecule has 1 aliphatic rings. The molecule has 0 spiro atoms. The van der Waals surface area contributed by atoms with Crippen LogP contribution in [0.15, 0.2) is 58.6 Å². The number of aromatic nitrogens is 1. The molecule has 2 heterocycles. The summed E-state index contributed by atoms with van der Waals surface area (Å²) in [7, 11) is 0. The summed E-state index contributed by atoms with van der Waals surface area (Å²) in [4.78, 5) is 37.8. The molecule has 6 nitrogen and oxygen atoms in total. The van der Waals surface area contributed by atoms with Gasteiger partial charge in [-0.1, -0.05) is 53.0 Å². The lowest BCUT2D eigenvalue weighted by Crippen LogP contribution is -2.21. The minimum absolute atomic E-state index is 0.00175. The third-order valence-corrected chi connectivity index (χ3v) is 6.12. The number of hydrogen-bond acceptors (Lipinski definition) is 4. The molecular formula is C22H15Cl3N2O4. The maximum Gasteiger partial charge on any atom is 0.351 e. The van der Waals surface area contributed by atoms with Gasteiger partial charge in [0, 0.05) is 27.4 Å². The first-order chi connectivity index (χ1) is 14.8. The number of nitrogens with one attached hydrogen (secondary N) is 1. The van der Waals surface area contributed by atoms with Crippen LogP contribution in [0.1, 0.15) is 22.5 Å². The lowest BCUT2D eigenvalue weighted by atomic mass is 10.0. The number of rotatable bonds is 4. The summed E-state index contributed by atoms with van der Waals surface area (Å²) in [6.45, 7) is 1.68. The number of para-hydroxylation sites is 1. The Labute approximate surface area is 192 Å². The van der Waals surface area contributed by atoms with E-state index in [-0.39, 0.29) is 22.3 Å². The number of ether oxygens (including phenoxy) is 1. The lowest BCUT2D eigenvalue weighted by molar-refractivity contribution is -0.138. The van der Waals surface area contributed by atoms with Crippen LogP contribution in [0.4, 0.5) is 10.5 Å². The number of anilines is 1. The molecule has 31 heavy (non-hydrogen) atoms. The first kappa shape index (κ1) is 21.4. The molecule has 0 saturated heterocycles. The fourth-order valence-electron chi connectivity index (χ4n) is 3.57. The molecule has 0 saturated carbocycles. The second kappa shape index (κ2) is 8.38. The Morgan fingerprint density at radius 1 is 1.06 bits per heavy atom. The van der Waals surface area contributed by atoms with Gasteiger partial charge in [0.1, 0.15) is 11.1 Å². The Hall–Kier alpha value is -2.80. The molecule has 0 aliphatic carbocycles. The quantitative estimate of drug-likeness (QED) is 0.376. The fraction of sp³-hybridized carbons (Fsp3) is 0.136. The Kier molecular flexibility index (Phi) is 5.79. The summed E-state index contributed by atoms with van der Waals surface area (Å²) in [6.07, 6.45) is -1.13. The molecule has 1 atom stereocenters. The Balaban J connectivity index is 1.70. The van der Waals surface area contributed by atoms with Crippen molar-refractivity contribution in [2.24, 2.45) is 0 Å². The van der Waals surface area contributed by atoms with Crippen molar-refractivity contribution < 1.29 is 19.1 Å². The summed E-state index contributed by atoms with van der Waals surface area (Å²) in [5.41, 5.74) is 1.93. The highest BCUT2D eigenvalue weighted by Gasteiger charge is 2.35. The van der Waals surface area contributed by atoms with Crippen molar-refractivity contribution in [3.05, 3.63) is 74.9 Å². The van der Waals surface area contributed by atoms with Crippen LogP contribution in [0.5, 0.6) is 0 Å². The monoisotopic (exact) mass is 476 g/mol. The molecule has 9 heteroatoms. The van der Waals surface area contributed by atoms with Gasteiger partial charge in [0.05, 0.1) is 17.0 Å². The number of esters is 1. The molecule has 158 valence electrons. The van der Waals surface area contributed by atoms with Crippen molar-refractivity contribution in [3.63, 3.8) is 0 Å². The number of carbonyl (C=O) groups excluding carboxylic acids is 3. The molecule has 1 aliphatic heterocycles. The number of nitrogens with zero attached hydrogens (tertiary/aromatic N) is 1. The molecule has 0 radical (unpaired) electrons. The van der Waals surface area contributed by atoms with E-state index < -0.39 is 18.1 Å². The summed E-state index contributed by atoms with van der Waals surface area (Å²) in [6, 6.07) is 13.3. The molecule has 1 aromatic heterocycles. The van der Waals surface area contributed by atoms with Crippen LogP contribution in [0.25, 0.3) is 10.9 Å². The standard InChI is InChI=1S/C22H15Cl3N2O4/c1-11-18(16(28)10-17-19(24)20(25)21(29)31-17)14-4-2-3-5-15(14)27(11)22(30)26-13-8-6-12(23)7-9-13/h2-9,17H,10H2,1H3,(H,26,30)/t17-/m0/s1. The van der Waals surface area contributed by atoms with E-state index in [1.165, 1.54) is 4.57 Å². The van der Waals surface area contributed by atoms with Gasteiger partial charge in [0.15, 0.2) is 5.78 Å². The molecule has 0 bridgehead atoms. The van der Waals surface area contributed by atoms with Crippen LogP contribution < -0.4 is 5.32 Å². The van der Waals surface area contributed by atoms with Crippen molar-refractivity contribution in [1.82, 2.24) is 4.57 Å². The van der Waals surface area contributed by atoms with Gasteiger partial charge in [-0.15, -0.1) is 0 Å². The van der Waals surface area contributed by atoms with Gasteiger partial charge in [-0.3, -0.25) is 9.36 Å². The van der Waals surface area contributed by atoms with Crippen molar-refractivity contribution in [2.45, 2.75) is 19.4 Å². The summed E-state index contributed by atoms with van der Waals surface area (Å²) in [5, 5.41) is 3.73. The fourth-order valence-corrected chi connectivity index (χ4v) is 4.06. The van der Waals surface area contributed by atoms with Gasteiger partial charge in [-0.2, -0.15) is 0 Å². The average molecular weight is 478 g/mol. The molecule has 3 aromatic rings. The number of cyclic esters (lactones) is 1. The molecular weight excluding hydrogens is 463 g/mol. The van der Waals surface area contributed by atoms with Crippen molar-refractivity contribution in [2.75, 3.05) is 5.32 Å². The molecule has 2 aromatic carbocycles. The zero-order chi connectivity index (χ0) is 22.3. The number of Topliss-reactive ketones (excluding diaryl/α,β-unsaturated/α-hetero) is 1. The van der Waals surface area contributed by atoms with E-state index in [1.54, 1.807) is 55.5 Å². The van der Waals surface area contributed by atoms with Gasteiger partial charge in [-0.25, -0.2) is 9.59 Å². The van der Waals surface area contributed by atoms with Crippen molar-refractivity contribution >= 4 is 69.2 Å². The van der Waals surface area contributed by atoms with Crippen LogP contribution >= 0.6 is 34.8 Å². The van der Waals surface area contributed by atoms with E-state index >= 15 is 0 Å². The van der Waals surface area contributed by atoms with Crippen LogP contribution in [-0.2, 0) is 9.53 Å². The van der Waals surface area contributed by atoms with Gasteiger partial charge in [0.25, 0.3) is 0 Å². The Morgan fingerprint density at radius 3 is 2.39 bits per heavy atom. The first-order valence-electron chi connectivity index (χ1n) is 9.24. The number of fused-ring (bicyclic) bond motifs is 1. The second-order valence-corrected chi connectivity index (χ2v) is 8.15. The van der Waals surface area contributed by atoms with Gasteiger partial charge in [0.2, 0.25) is 0 Å². The normalized spacial score (nSPS) is 16.0. The Morgan fingerprint density at radius 2 is 1.74 bits per heavy atom. The SMILES string of the molecule is Cc1c(C(=O)C[C@@H]2OC(=O)C(Cl)=C2Cl)c2ccccc2n1C(=O)Nc1ccc(Cl)cc1. The first-order valence-corrected chi connectivity index (χ1v) is 10.4. The van der Waals surface area contributed by atoms with E-state index in [0.29, 0.717) is 32.9 Å². The summed E-state index contributed by atoms with van der Waals surface area (Å²) in [5.74, 6) is -1.08. The maximum absolute atomic E-state index is 13.2. The predicted molar refractivity (Wildman–Crippen MR) is 120 cm³/mol. The van der Waals surface area contributed by atoms with E-state index in [0.717, 1.165) is 0 Å². The van der Waals surface area contributed by atoms with Gasteiger partial charge < -0.3 is 10.1 Å². The number of halogens is 3. The molecule has 0 fully saturated rings. The maximum atomic E-state index is 13.2. The number of hydrogen-bond donors (Lipinski definition) is 1. The van der Waals surface area contributed by atoms with E-state index in [9.17, 15) is 14.4 Å². The van der Waals surface area contributed by atoms with Crippen LogP contribution in [0.2, 0.25) is 5.02 Å². The third kappa shape index (κ3) is 3.94. The lowest BCUT2D eigenvalue weighted by Gasteiger charge is -2.11. The predicted octanol–water partition coefficient (Wildman–Crippen LogP) is 5.87. The van der Waals surface area contributed by atoms with Gasteiger partial charge in [-0.05, 0) is 37.3 Å². The number of carbonyl (C=O) groups is 3. The zero-order valence-corrected chi connectivity index (χ0v) is 18.4. The van der Waals surface area contributed by atoms with Crippen molar-refractivity contribution in [3.8, 4) is 0 Å². The van der Waals surface area contributed by atoms with Crippen molar-refractivity contribution in [1.29, 1.82) is 0 Å². The minimum atomic E-state index is -0.946. The third-order valence-electron chi connectivity index (χ3n) is 4.98. The zero-order valence-electron chi connectivity index (χ0n) is 16.1. The van der Waals surface area contributed by atoms with Crippen LogP contribution in [0.3, 0.4) is 0 Å². The van der Waals surface area contributed by atoms with Gasteiger partial charge >= 0.3 is 12.0 Å². The van der Waals surface area contributed by atoms with Crippen LogP contribution in [-0.4, -0.2) is 28.5 Å². The van der Waals surface area contributed by atoms with E-state index in [1.807, 2.05) is 0 Å². The molecule has 4 rings (SSSR count). The van der Waals surface area contributed by atoms with E-state index in [4.69, 9.17) is 39.5 Å². The highest BCUT2D eigenvalue weighted by molar-refractivity contribution is 6.48. The minimum Gasteiger partial charge on any atom is -0.452 e. The van der Waals surface area contributed by atoms with Crippen LogP contribution in [0, 0.1) is 6.92 Å². The highest BCUT2D eigenvalue weighted by atomic mass is 35.5. The van der Waals surface area contributed by atoms with E-state index in [2.05, 4.69) is 5.32 Å². The smallest absolute Gasteiger partial charge is 0.351 e. The topological polar surface area (TPSA) is 77.4 Å². The number of benzene rings is 2. The Bertz CT molecular complexity index is 1260.